The predicted molar refractivity (Wildman–Crippen MR) is 171 cm³/mol. The first-order valence-corrected chi connectivity index (χ1v) is 15.2. The van der Waals surface area contributed by atoms with Gasteiger partial charge in [-0.25, -0.2) is 4.39 Å². The molecule has 4 aromatic carbocycles. The molecule has 3 heterocycles. The fourth-order valence-electron chi connectivity index (χ4n) is 6.72. The molecule has 1 amide bonds. The number of nitrogens with zero attached hydrogens (tertiary/aromatic N) is 2. The van der Waals surface area contributed by atoms with Crippen LogP contribution in [0.2, 0.25) is 0 Å². The molecule has 7 rings (SSSR count). The maximum absolute atomic E-state index is 15.4. The molecule has 0 aliphatic carbocycles. The van der Waals surface area contributed by atoms with Crippen LogP contribution in [-0.4, -0.2) is 46.6 Å². The van der Waals surface area contributed by atoms with Gasteiger partial charge in [0, 0.05) is 23.8 Å². The third-order valence-corrected chi connectivity index (χ3v) is 9.72. The Balaban J connectivity index is 1.30. The Kier molecular flexibility index (Phi) is 6.89. The summed E-state index contributed by atoms with van der Waals surface area (Å²) in [6, 6.07) is 35.8. The molecule has 2 saturated heterocycles. The summed E-state index contributed by atoms with van der Waals surface area (Å²) in [4.78, 5) is 18.5. The van der Waals surface area contributed by atoms with Gasteiger partial charge in [0.1, 0.15) is 11.9 Å². The minimum absolute atomic E-state index is 0.0407. The van der Waals surface area contributed by atoms with E-state index in [1.54, 1.807) is 17.2 Å². The lowest BCUT2D eigenvalue weighted by molar-refractivity contribution is -0.129. The molecule has 3 aliphatic rings. The third kappa shape index (κ3) is 4.53. The van der Waals surface area contributed by atoms with Crippen molar-refractivity contribution in [2.24, 2.45) is 0 Å². The van der Waals surface area contributed by atoms with Crippen LogP contribution in [0.3, 0.4) is 0 Å². The van der Waals surface area contributed by atoms with Gasteiger partial charge in [-0.2, -0.15) is 0 Å². The zero-order valence-corrected chi connectivity index (χ0v) is 25.5. The highest BCUT2D eigenvalue weighted by Gasteiger charge is 2.58. The van der Waals surface area contributed by atoms with E-state index in [1.807, 2.05) is 88.4 Å². The lowest BCUT2D eigenvalue weighted by Gasteiger charge is -2.38. The number of amides is 1. The highest BCUT2D eigenvalue weighted by molar-refractivity contribution is 6.69. The van der Waals surface area contributed by atoms with Crippen LogP contribution in [0.1, 0.15) is 55.5 Å². The van der Waals surface area contributed by atoms with Crippen LogP contribution in [0.25, 0.3) is 5.47 Å². The van der Waals surface area contributed by atoms with Crippen molar-refractivity contribution in [1.82, 2.24) is 9.80 Å². The average Bonchev–Trinajstić information content (AvgIpc) is 3.79. The Morgan fingerprint density at radius 3 is 1.77 bits per heavy atom. The topological polar surface area (TPSA) is 41.8 Å². The Bertz CT molecular complexity index is 1610. The molecule has 1 unspecified atom stereocenters. The normalized spacial score (nSPS) is 21.9. The maximum Gasteiger partial charge on any atom is 0.497 e. The summed E-state index contributed by atoms with van der Waals surface area (Å²) in [6.07, 6.45) is 1.75. The van der Waals surface area contributed by atoms with Crippen LogP contribution < -0.4 is 0 Å². The SMILES string of the molecule is CC1(C)OB(C2=CN(C(=O)[C@@H]3CN3C(c3ccccc3)(c3ccccc3)c3ccccc3)Cc3cccc(F)c32)OC1(C)C. The second kappa shape index (κ2) is 10.5. The fraction of sp³-hybridized carbons (Fsp3) is 0.270. The lowest BCUT2D eigenvalue weighted by Crippen LogP contribution is -2.42. The number of hydrogen-bond acceptors (Lipinski definition) is 4. The number of halogens is 1. The first kappa shape index (κ1) is 28.7. The standard InChI is InChI=1S/C37H36BFN2O3/c1-35(2)36(3,4)44-38(43-35)30-24-40(23-26-15-14-22-31(39)33(26)30)34(42)32-25-41(32)37(27-16-8-5-9-17-27,28-18-10-6-11-19-28)29-20-12-7-13-21-29/h5-22,24,32H,23,25H2,1-4H3/t32-,41?/m0/s1. The first-order valence-electron chi connectivity index (χ1n) is 15.2. The quantitative estimate of drug-likeness (QED) is 0.141. The molecule has 2 atom stereocenters. The summed E-state index contributed by atoms with van der Waals surface area (Å²) in [5.41, 5.74) is 3.10. The van der Waals surface area contributed by atoms with Crippen LogP contribution in [0.15, 0.2) is 115 Å². The first-order chi connectivity index (χ1) is 21.1. The molecule has 0 N–H and O–H groups in total. The fourth-order valence-corrected chi connectivity index (χ4v) is 6.72. The van der Waals surface area contributed by atoms with Crippen molar-refractivity contribution in [3.63, 3.8) is 0 Å². The van der Waals surface area contributed by atoms with Crippen LogP contribution in [0, 0.1) is 5.82 Å². The van der Waals surface area contributed by atoms with Crippen molar-refractivity contribution in [3.05, 3.63) is 149 Å². The molecule has 0 spiro atoms. The second-order valence-electron chi connectivity index (χ2n) is 12.9. The Morgan fingerprint density at radius 2 is 1.27 bits per heavy atom. The molecule has 222 valence electrons. The van der Waals surface area contributed by atoms with Gasteiger partial charge in [0.25, 0.3) is 0 Å². The molecular weight excluding hydrogens is 550 g/mol. The lowest BCUT2D eigenvalue weighted by atomic mass is 9.71. The number of fused-ring (bicyclic) bond motifs is 1. The Labute approximate surface area is 259 Å². The summed E-state index contributed by atoms with van der Waals surface area (Å²) in [5.74, 6) is -0.388. The van der Waals surface area contributed by atoms with Gasteiger partial charge in [-0.15, -0.1) is 0 Å². The number of hydrogen-bond donors (Lipinski definition) is 0. The molecular formula is C37H36BFN2O3. The molecule has 5 nitrogen and oxygen atoms in total. The third-order valence-electron chi connectivity index (χ3n) is 9.72. The van der Waals surface area contributed by atoms with Gasteiger partial charge in [0.05, 0.1) is 23.3 Å². The van der Waals surface area contributed by atoms with E-state index in [1.165, 1.54) is 6.07 Å². The zero-order valence-electron chi connectivity index (χ0n) is 25.5. The summed E-state index contributed by atoms with van der Waals surface area (Å²) >= 11 is 0. The van der Waals surface area contributed by atoms with E-state index in [-0.39, 0.29) is 24.3 Å². The number of benzene rings is 4. The van der Waals surface area contributed by atoms with Gasteiger partial charge >= 0.3 is 7.12 Å². The highest BCUT2D eigenvalue weighted by atomic mass is 19.1. The minimum atomic E-state index is -0.807. The monoisotopic (exact) mass is 586 g/mol. The van der Waals surface area contributed by atoms with Gasteiger partial charge in [-0.05, 0) is 56.0 Å². The molecule has 2 fully saturated rings. The minimum Gasteiger partial charge on any atom is -0.399 e. The van der Waals surface area contributed by atoms with E-state index < -0.39 is 23.9 Å². The van der Waals surface area contributed by atoms with E-state index in [2.05, 4.69) is 41.3 Å². The van der Waals surface area contributed by atoms with Gasteiger partial charge in [-0.1, -0.05) is 103 Å². The van der Waals surface area contributed by atoms with E-state index in [9.17, 15) is 4.79 Å². The van der Waals surface area contributed by atoms with E-state index in [0.717, 1.165) is 22.3 Å². The van der Waals surface area contributed by atoms with Gasteiger partial charge in [0.2, 0.25) is 5.91 Å². The van der Waals surface area contributed by atoms with Crippen LogP contribution >= 0.6 is 0 Å². The van der Waals surface area contributed by atoms with Crippen molar-refractivity contribution in [2.45, 2.75) is 57.0 Å². The molecule has 3 aliphatic heterocycles. The molecule has 4 aromatic rings. The number of carbonyl (C=O) groups is 1. The predicted octanol–water partition coefficient (Wildman–Crippen LogP) is 6.82. The van der Waals surface area contributed by atoms with Crippen molar-refractivity contribution < 1.29 is 18.5 Å². The van der Waals surface area contributed by atoms with E-state index in [0.29, 0.717) is 17.6 Å². The molecule has 44 heavy (non-hydrogen) atoms. The van der Waals surface area contributed by atoms with Crippen molar-refractivity contribution in [1.29, 1.82) is 0 Å². The summed E-state index contributed by atoms with van der Waals surface area (Å²) in [6.45, 7) is 8.73. The Morgan fingerprint density at radius 1 is 0.773 bits per heavy atom. The molecule has 0 saturated carbocycles. The summed E-state index contributed by atoms with van der Waals surface area (Å²) in [7, 11) is -0.807. The Hall–Kier alpha value is -4.04. The van der Waals surface area contributed by atoms with Crippen molar-refractivity contribution in [3.8, 4) is 0 Å². The molecule has 0 bridgehead atoms. The van der Waals surface area contributed by atoms with Crippen molar-refractivity contribution in [2.75, 3.05) is 6.54 Å². The number of rotatable bonds is 6. The molecule has 0 radical (unpaired) electrons. The average molecular weight is 587 g/mol. The van der Waals surface area contributed by atoms with Gasteiger partial charge in [-0.3, -0.25) is 9.69 Å². The highest BCUT2D eigenvalue weighted by Crippen LogP contribution is 2.49. The van der Waals surface area contributed by atoms with E-state index >= 15 is 4.39 Å². The van der Waals surface area contributed by atoms with E-state index in [4.69, 9.17) is 9.31 Å². The molecule has 7 heteroatoms. The van der Waals surface area contributed by atoms with Crippen LogP contribution in [0.4, 0.5) is 4.39 Å². The second-order valence-corrected chi connectivity index (χ2v) is 12.9. The van der Waals surface area contributed by atoms with Crippen LogP contribution in [-0.2, 0) is 26.2 Å². The smallest absolute Gasteiger partial charge is 0.399 e. The van der Waals surface area contributed by atoms with Gasteiger partial charge in [0.15, 0.2) is 0 Å². The number of carbonyl (C=O) groups excluding carboxylic acids is 1. The van der Waals surface area contributed by atoms with Crippen LogP contribution in [0.5, 0.6) is 0 Å². The van der Waals surface area contributed by atoms with Gasteiger partial charge < -0.3 is 14.2 Å². The largest absolute Gasteiger partial charge is 0.497 e. The zero-order chi connectivity index (χ0) is 30.7. The maximum atomic E-state index is 15.4. The summed E-state index contributed by atoms with van der Waals surface area (Å²) in [5, 5.41) is 0. The summed E-state index contributed by atoms with van der Waals surface area (Å²) < 4.78 is 28.1. The van der Waals surface area contributed by atoms with Crippen molar-refractivity contribution >= 4 is 18.5 Å². The molecule has 0 aromatic heterocycles.